The van der Waals surface area contributed by atoms with Gasteiger partial charge in [-0.1, -0.05) is 0 Å². The maximum Gasteiger partial charge on any atom is 0.573 e. The molecule has 1 heterocycles. The summed E-state index contributed by atoms with van der Waals surface area (Å²) in [5.41, 5.74) is -1.26. The van der Waals surface area contributed by atoms with Crippen molar-refractivity contribution in [3.05, 3.63) is 28.8 Å². The van der Waals surface area contributed by atoms with Crippen molar-refractivity contribution in [2.24, 2.45) is 5.90 Å². The molecule has 27 heavy (non-hydrogen) atoms. The molecule has 2 atom stereocenters. The van der Waals surface area contributed by atoms with Crippen LogP contribution in [0, 0.1) is 6.92 Å². The first-order chi connectivity index (χ1) is 12.3. The van der Waals surface area contributed by atoms with Gasteiger partial charge in [0.25, 0.3) is 0 Å². The normalized spacial score (nSPS) is 18.1. The minimum Gasteiger partial charge on any atom is -0.475 e. The number of fused-ring (bicyclic) bond motifs is 1. The third-order valence-corrected chi connectivity index (χ3v) is 3.34. The Hall–Kier alpha value is -2.47. The number of hydrogen-bond acceptors (Lipinski definition) is 6. The van der Waals surface area contributed by atoms with Gasteiger partial charge in [0.15, 0.2) is 0 Å². The number of nitrogens with two attached hydrogens (primary N) is 1. The van der Waals surface area contributed by atoms with E-state index in [1.807, 2.05) is 0 Å². The van der Waals surface area contributed by atoms with Gasteiger partial charge in [-0.3, -0.25) is 4.84 Å². The molecule has 0 fully saturated rings. The molecule has 0 aromatic heterocycles. The van der Waals surface area contributed by atoms with Crippen LogP contribution in [-0.4, -0.2) is 30.9 Å². The highest BCUT2D eigenvalue weighted by Gasteiger charge is 2.49. The molecular weight excluding hydrogens is 388 g/mol. The molecule has 0 spiro atoms. The van der Waals surface area contributed by atoms with Gasteiger partial charge in [-0.25, -0.2) is 10.7 Å². The SMILES string of the molecule is Cc1cc(OC(F)(F)F)cc2c1OC(C(F)(F)F)C(C(=O)OC(C)ON)=C2. The van der Waals surface area contributed by atoms with E-state index in [9.17, 15) is 31.1 Å². The van der Waals surface area contributed by atoms with Crippen LogP contribution >= 0.6 is 0 Å². The van der Waals surface area contributed by atoms with Gasteiger partial charge in [0, 0.05) is 5.56 Å². The zero-order chi connectivity index (χ0) is 20.6. The minimum atomic E-state index is -5.01. The summed E-state index contributed by atoms with van der Waals surface area (Å²) in [7, 11) is 0. The van der Waals surface area contributed by atoms with Crippen LogP contribution in [-0.2, 0) is 14.4 Å². The Labute approximate surface area is 148 Å². The van der Waals surface area contributed by atoms with Crippen LogP contribution < -0.4 is 15.4 Å². The van der Waals surface area contributed by atoms with Crippen LogP contribution in [0.5, 0.6) is 11.5 Å². The molecule has 12 heteroatoms. The number of alkyl halides is 6. The summed E-state index contributed by atoms with van der Waals surface area (Å²) in [5, 5.41) is 0. The molecule has 2 N–H and O–H groups in total. The summed E-state index contributed by atoms with van der Waals surface area (Å²) in [4.78, 5) is 16.2. The minimum absolute atomic E-state index is 0.0525. The van der Waals surface area contributed by atoms with Gasteiger partial charge in [-0.05, 0) is 37.6 Å². The van der Waals surface area contributed by atoms with E-state index in [-0.39, 0.29) is 16.9 Å². The molecule has 0 saturated carbocycles. The van der Waals surface area contributed by atoms with Gasteiger partial charge < -0.3 is 14.2 Å². The third-order valence-electron chi connectivity index (χ3n) is 3.34. The fraction of sp³-hybridized carbons (Fsp3) is 0.400. The number of rotatable bonds is 4. The topological polar surface area (TPSA) is 80.0 Å². The highest BCUT2D eigenvalue weighted by molar-refractivity contribution is 5.96. The molecule has 2 unspecified atom stereocenters. The van der Waals surface area contributed by atoms with E-state index >= 15 is 0 Å². The Morgan fingerprint density at radius 2 is 1.85 bits per heavy atom. The molecule has 1 aliphatic heterocycles. The molecule has 0 amide bonds. The van der Waals surface area contributed by atoms with E-state index < -0.39 is 42.2 Å². The molecule has 150 valence electrons. The highest BCUT2D eigenvalue weighted by Crippen LogP contribution is 2.41. The summed E-state index contributed by atoms with van der Waals surface area (Å²) in [6.45, 7) is 2.38. The second kappa shape index (κ2) is 7.27. The van der Waals surface area contributed by atoms with Crippen LogP contribution in [0.25, 0.3) is 6.08 Å². The molecule has 2 rings (SSSR count). The fourth-order valence-electron chi connectivity index (χ4n) is 2.31. The Balaban J connectivity index is 2.50. The van der Waals surface area contributed by atoms with Crippen molar-refractivity contribution >= 4 is 12.0 Å². The van der Waals surface area contributed by atoms with Gasteiger partial charge in [-0.2, -0.15) is 13.2 Å². The summed E-state index contributed by atoms with van der Waals surface area (Å²) in [6.07, 6.45) is -13.3. The molecule has 0 saturated heterocycles. The maximum atomic E-state index is 13.3. The number of esters is 1. The zero-order valence-corrected chi connectivity index (χ0v) is 13.8. The van der Waals surface area contributed by atoms with Crippen molar-refractivity contribution in [1.29, 1.82) is 0 Å². The largest absolute Gasteiger partial charge is 0.573 e. The van der Waals surface area contributed by atoms with E-state index in [1.165, 1.54) is 6.92 Å². The quantitative estimate of drug-likeness (QED) is 0.361. The van der Waals surface area contributed by atoms with E-state index in [2.05, 4.69) is 14.3 Å². The third kappa shape index (κ3) is 5.04. The van der Waals surface area contributed by atoms with E-state index in [0.717, 1.165) is 25.1 Å². The second-order valence-electron chi connectivity index (χ2n) is 5.45. The lowest BCUT2D eigenvalue weighted by Crippen LogP contribution is -2.41. The number of hydrogen-bond donors (Lipinski definition) is 1. The fourth-order valence-corrected chi connectivity index (χ4v) is 2.31. The zero-order valence-electron chi connectivity index (χ0n) is 13.8. The summed E-state index contributed by atoms with van der Waals surface area (Å²) in [5.74, 6) is 2.29. The van der Waals surface area contributed by atoms with E-state index in [4.69, 9.17) is 10.6 Å². The van der Waals surface area contributed by atoms with Crippen LogP contribution in [0.15, 0.2) is 17.7 Å². The smallest absolute Gasteiger partial charge is 0.475 e. The summed E-state index contributed by atoms with van der Waals surface area (Å²) < 4.78 is 90.3. The Kier molecular flexibility index (Phi) is 5.61. The molecule has 1 aromatic rings. The number of benzene rings is 1. The number of carbonyl (C=O) groups is 1. The average molecular weight is 401 g/mol. The van der Waals surface area contributed by atoms with E-state index in [1.54, 1.807) is 0 Å². The van der Waals surface area contributed by atoms with Crippen LogP contribution in [0.4, 0.5) is 26.3 Å². The molecule has 6 nitrogen and oxygen atoms in total. The van der Waals surface area contributed by atoms with Crippen LogP contribution in [0.2, 0.25) is 0 Å². The Morgan fingerprint density at radius 3 is 2.37 bits per heavy atom. The number of carbonyl (C=O) groups excluding carboxylic acids is 1. The first-order valence-corrected chi connectivity index (χ1v) is 7.23. The van der Waals surface area contributed by atoms with Crippen molar-refractivity contribution in [3.8, 4) is 11.5 Å². The van der Waals surface area contributed by atoms with Crippen LogP contribution in [0.3, 0.4) is 0 Å². The standard InChI is InChI=1S/C15H13F6NO5/c1-6-3-9(26-15(19,20)21)4-8-5-10(13(23)24-7(2)27-22)12(14(16,17)18)25-11(6)8/h3-5,7,12H,22H2,1-2H3. The second-order valence-corrected chi connectivity index (χ2v) is 5.45. The predicted octanol–water partition coefficient (Wildman–Crippen LogP) is 3.38. The van der Waals surface area contributed by atoms with Gasteiger partial charge in [0.1, 0.15) is 11.5 Å². The lowest BCUT2D eigenvalue weighted by Gasteiger charge is -2.29. The first kappa shape index (κ1) is 20.8. The number of ether oxygens (including phenoxy) is 3. The Morgan fingerprint density at radius 1 is 1.22 bits per heavy atom. The van der Waals surface area contributed by atoms with Crippen LogP contribution in [0.1, 0.15) is 18.1 Å². The predicted molar refractivity (Wildman–Crippen MR) is 77.1 cm³/mol. The van der Waals surface area contributed by atoms with Gasteiger partial charge in [-0.15, -0.1) is 13.2 Å². The average Bonchev–Trinajstić information content (AvgIpc) is 2.50. The molecule has 0 aliphatic carbocycles. The van der Waals surface area contributed by atoms with Gasteiger partial charge in [0.2, 0.25) is 12.4 Å². The van der Waals surface area contributed by atoms with Gasteiger partial charge in [0.05, 0.1) is 5.57 Å². The van der Waals surface area contributed by atoms with Gasteiger partial charge >= 0.3 is 18.5 Å². The van der Waals surface area contributed by atoms with Crippen molar-refractivity contribution in [2.45, 2.75) is 38.8 Å². The first-order valence-electron chi connectivity index (χ1n) is 7.23. The van der Waals surface area contributed by atoms with Crippen molar-refractivity contribution < 1.29 is 50.2 Å². The molecular formula is C15H13F6NO5. The number of halogens is 6. The number of aryl methyl sites for hydroxylation is 1. The monoisotopic (exact) mass is 401 g/mol. The highest BCUT2D eigenvalue weighted by atomic mass is 19.4. The lowest BCUT2D eigenvalue weighted by molar-refractivity contribution is -0.274. The maximum absolute atomic E-state index is 13.3. The molecule has 1 aromatic carbocycles. The van der Waals surface area contributed by atoms with Crippen molar-refractivity contribution in [1.82, 2.24) is 0 Å². The van der Waals surface area contributed by atoms with Crippen molar-refractivity contribution in [2.75, 3.05) is 0 Å². The Bertz CT molecular complexity index is 758. The van der Waals surface area contributed by atoms with Crippen molar-refractivity contribution in [3.63, 3.8) is 0 Å². The van der Waals surface area contributed by atoms with E-state index in [0.29, 0.717) is 0 Å². The molecule has 0 bridgehead atoms. The molecule has 1 aliphatic rings. The summed E-state index contributed by atoms with van der Waals surface area (Å²) in [6, 6.07) is 1.65. The summed E-state index contributed by atoms with van der Waals surface area (Å²) >= 11 is 0. The molecule has 0 radical (unpaired) electrons. The lowest BCUT2D eigenvalue weighted by atomic mass is 9.99.